The van der Waals surface area contributed by atoms with Crippen LogP contribution in [0.15, 0.2) is 77.9 Å². The molecule has 3 aromatic carbocycles. The monoisotopic (exact) mass is 484 g/mol. The van der Waals surface area contributed by atoms with Crippen LogP contribution in [0.25, 0.3) is 0 Å². The number of ether oxygens (including phenoxy) is 1. The number of hydrazone groups is 1. The summed E-state index contributed by atoms with van der Waals surface area (Å²) in [5.41, 5.74) is 1.69. The topological polar surface area (TPSA) is 24.8 Å². The molecule has 1 aliphatic rings. The molecule has 0 saturated carbocycles. The highest BCUT2D eigenvalue weighted by Gasteiger charge is 2.34. The first-order valence-corrected chi connectivity index (χ1v) is 10.0. The van der Waals surface area contributed by atoms with E-state index in [4.69, 9.17) is 11.6 Å². The first-order chi connectivity index (χ1) is 15.5. The molecule has 0 aliphatic carbocycles. The molecule has 0 saturated heterocycles. The average molecular weight is 485 g/mol. The minimum atomic E-state index is -4.82. The lowest BCUT2D eigenvalue weighted by Gasteiger charge is -2.24. The smallest absolute Gasteiger partial charge is 0.406 e. The number of benzene rings is 3. The van der Waals surface area contributed by atoms with E-state index in [1.807, 2.05) is 0 Å². The molecule has 1 aliphatic heterocycles. The number of hydrogen-bond donors (Lipinski definition) is 0. The minimum Gasteiger partial charge on any atom is -0.406 e. The number of halogens is 7. The Bertz CT molecular complexity index is 1140. The van der Waals surface area contributed by atoms with Gasteiger partial charge in [-0.15, -0.1) is 13.2 Å². The van der Waals surface area contributed by atoms with Gasteiger partial charge in [0, 0.05) is 11.4 Å². The van der Waals surface area contributed by atoms with E-state index in [1.165, 1.54) is 24.3 Å². The highest BCUT2D eigenvalue weighted by Crippen LogP contribution is 2.39. The molecule has 1 unspecified atom stereocenters. The third-order valence-corrected chi connectivity index (χ3v) is 5.30. The molecular formula is C23H15ClF6N2O. The number of alkyl halides is 6. The minimum absolute atomic E-state index is 0.369. The second-order valence-corrected chi connectivity index (χ2v) is 7.72. The molecule has 4 rings (SSSR count). The standard InChI is InChI=1S/C23H15ClF6N2O/c24-17-7-3-14(4-8-17)20-13-21(15-1-5-16(6-2-15)22(25,26)27)32(31-20)18-9-11-19(12-10-18)33-23(28,29)30/h1-12,21H,13H2. The summed E-state index contributed by atoms with van der Waals surface area (Å²) in [5.74, 6) is -0.390. The van der Waals surface area contributed by atoms with Crippen molar-refractivity contribution in [3.05, 3.63) is 94.5 Å². The lowest BCUT2D eigenvalue weighted by Crippen LogP contribution is -2.19. The number of anilines is 1. The predicted octanol–water partition coefficient (Wildman–Crippen LogP) is 7.61. The highest BCUT2D eigenvalue weighted by molar-refractivity contribution is 6.30. The largest absolute Gasteiger partial charge is 0.573 e. The van der Waals surface area contributed by atoms with Crippen molar-refractivity contribution in [2.24, 2.45) is 5.10 Å². The second-order valence-electron chi connectivity index (χ2n) is 7.28. The van der Waals surface area contributed by atoms with E-state index in [-0.39, 0.29) is 0 Å². The second kappa shape index (κ2) is 8.62. The van der Waals surface area contributed by atoms with Crippen molar-refractivity contribution in [3.63, 3.8) is 0 Å². The molecule has 0 N–H and O–H groups in total. The molecule has 0 spiro atoms. The molecule has 3 aromatic rings. The van der Waals surface area contributed by atoms with Crippen LogP contribution in [0.4, 0.5) is 32.0 Å². The zero-order valence-corrected chi connectivity index (χ0v) is 17.4. The quantitative estimate of drug-likeness (QED) is 0.356. The van der Waals surface area contributed by atoms with Gasteiger partial charge < -0.3 is 4.74 Å². The first kappa shape index (κ1) is 23.0. The fraction of sp³-hybridized carbons (Fsp3) is 0.174. The van der Waals surface area contributed by atoms with Gasteiger partial charge in [0.1, 0.15) is 5.75 Å². The van der Waals surface area contributed by atoms with Gasteiger partial charge in [0.05, 0.1) is 23.0 Å². The van der Waals surface area contributed by atoms with Crippen LogP contribution in [0.5, 0.6) is 5.75 Å². The molecule has 0 fully saturated rings. The van der Waals surface area contributed by atoms with Gasteiger partial charge >= 0.3 is 12.5 Å². The lowest BCUT2D eigenvalue weighted by atomic mass is 9.97. The van der Waals surface area contributed by atoms with Crippen LogP contribution < -0.4 is 9.75 Å². The maximum absolute atomic E-state index is 13.0. The summed E-state index contributed by atoms with van der Waals surface area (Å²) in [6.07, 6.45) is -8.92. The first-order valence-electron chi connectivity index (χ1n) is 9.65. The van der Waals surface area contributed by atoms with E-state index in [9.17, 15) is 26.3 Å². The van der Waals surface area contributed by atoms with Crippen molar-refractivity contribution in [1.82, 2.24) is 0 Å². The zero-order valence-electron chi connectivity index (χ0n) is 16.7. The van der Waals surface area contributed by atoms with Crippen molar-refractivity contribution < 1.29 is 31.1 Å². The van der Waals surface area contributed by atoms with Crippen LogP contribution in [-0.4, -0.2) is 12.1 Å². The summed E-state index contributed by atoms with van der Waals surface area (Å²) >= 11 is 5.95. The van der Waals surface area contributed by atoms with E-state index < -0.39 is 29.9 Å². The van der Waals surface area contributed by atoms with E-state index in [0.717, 1.165) is 29.8 Å². The number of hydrogen-bond acceptors (Lipinski definition) is 3. The van der Waals surface area contributed by atoms with Crippen molar-refractivity contribution in [2.45, 2.75) is 25.0 Å². The van der Waals surface area contributed by atoms with Gasteiger partial charge in [0.25, 0.3) is 0 Å². The normalized spacial score (nSPS) is 16.6. The molecule has 10 heteroatoms. The van der Waals surface area contributed by atoms with E-state index >= 15 is 0 Å². The average Bonchev–Trinajstić information content (AvgIpc) is 3.18. The Morgan fingerprint density at radius 2 is 1.42 bits per heavy atom. The molecule has 0 bridgehead atoms. The lowest BCUT2D eigenvalue weighted by molar-refractivity contribution is -0.274. The summed E-state index contributed by atoms with van der Waals surface area (Å²) < 4.78 is 80.2. The molecule has 1 heterocycles. The van der Waals surface area contributed by atoms with Crippen LogP contribution in [-0.2, 0) is 6.18 Å². The van der Waals surface area contributed by atoms with Gasteiger partial charge in [-0.05, 0) is 59.7 Å². The SMILES string of the molecule is FC(F)(F)Oc1ccc(N2N=C(c3ccc(Cl)cc3)CC2c2ccc(C(F)(F)F)cc2)cc1. The Balaban J connectivity index is 1.68. The Hall–Kier alpha value is -3.20. The highest BCUT2D eigenvalue weighted by atomic mass is 35.5. The Morgan fingerprint density at radius 3 is 1.97 bits per heavy atom. The molecule has 0 amide bonds. The van der Waals surface area contributed by atoms with Crippen LogP contribution in [0.1, 0.15) is 29.2 Å². The molecular weight excluding hydrogens is 470 g/mol. The Kier molecular flexibility index (Phi) is 6.00. The Morgan fingerprint density at radius 1 is 0.818 bits per heavy atom. The van der Waals surface area contributed by atoms with Crippen molar-refractivity contribution in [3.8, 4) is 5.75 Å². The Labute approximate surface area is 189 Å². The number of rotatable bonds is 4. The molecule has 172 valence electrons. The molecule has 3 nitrogen and oxygen atoms in total. The van der Waals surface area contributed by atoms with Crippen LogP contribution in [0.2, 0.25) is 5.02 Å². The fourth-order valence-corrected chi connectivity index (χ4v) is 3.65. The maximum atomic E-state index is 13.0. The third kappa shape index (κ3) is 5.42. The number of nitrogens with zero attached hydrogens (tertiary/aromatic N) is 2. The summed E-state index contributed by atoms with van der Waals surface area (Å²) in [6, 6.07) is 16.3. The predicted molar refractivity (Wildman–Crippen MR) is 112 cm³/mol. The summed E-state index contributed by atoms with van der Waals surface area (Å²) in [4.78, 5) is 0. The van der Waals surface area contributed by atoms with Crippen molar-refractivity contribution >= 4 is 23.0 Å². The van der Waals surface area contributed by atoms with Gasteiger partial charge in [0.2, 0.25) is 0 Å². The van der Waals surface area contributed by atoms with Crippen molar-refractivity contribution in [1.29, 1.82) is 0 Å². The maximum Gasteiger partial charge on any atom is 0.573 e. The molecule has 1 atom stereocenters. The summed E-state index contributed by atoms with van der Waals surface area (Å²) in [5, 5.41) is 6.72. The van der Waals surface area contributed by atoms with Crippen molar-refractivity contribution in [2.75, 3.05) is 5.01 Å². The summed E-state index contributed by atoms with van der Waals surface area (Å²) in [7, 11) is 0. The van der Waals surface area contributed by atoms with Gasteiger partial charge in [-0.3, -0.25) is 5.01 Å². The van der Waals surface area contributed by atoms with Crippen LogP contribution >= 0.6 is 11.6 Å². The van der Waals surface area contributed by atoms with Gasteiger partial charge in [-0.1, -0.05) is 35.9 Å². The zero-order chi connectivity index (χ0) is 23.8. The van der Waals surface area contributed by atoms with Gasteiger partial charge in [-0.25, -0.2) is 0 Å². The summed E-state index contributed by atoms with van der Waals surface area (Å²) in [6.45, 7) is 0. The van der Waals surface area contributed by atoms with Gasteiger partial charge in [0.15, 0.2) is 0 Å². The molecule has 33 heavy (non-hydrogen) atoms. The van der Waals surface area contributed by atoms with E-state index in [2.05, 4.69) is 9.84 Å². The van der Waals surface area contributed by atoms with Gasteiger partial charge in [-0.2, -0.15) is 18.3 Å². The molecule has 0 radical (unpaired) electrons. The van der Waals surface area contributed by atoms with Crippen LogP contribution in [0.3, 0.4) is 0 Å². The van der Waals surface area contributed by atoms with E-state index in [0.29, 0.717) is 28.4 Å². The van der Waals surface area contributed by atoms with Crippen LogP contribution in [0, 0.1) is 0 Å². The van der Waals surface area contributed by atoms with E-state index in [1.54, 1.807) is 29.3 Å². The third-order valence-electron chi connectivity index (χ3n) is 5.05. The molecule has 0 aromatic heterocycles. The fourth-order valence-electron chi connectivity index (χ4n) is 3.52.